The Labute approximate surface area is 128 Å². The number of aryl methyl sites for hydroxylation is 2. The van der Waals surface area contributed by atoms with Gasteiger partial charge in [0.2, 0.25) is 5.88 Å². The predicted octanol–water partition coefficient (Wildman–Crippen LogP) is 5.02. The van der Waals surface area contributed by atoms with Gasteiger partial charge in [-0.1, -0.05) is 32.0 Å². The second kappa shape index (κ2) is 6.30. The SMILES string of the molecule is Cc1ccc(COc2ncc(C)c(C)c2C)cc1C(C)C. The molecule has 0 aliphatic rings. The first kappa shape index (κ1) is 15.6. The van der Waals surface area contributed by atoms with Crippen molar-refractivity contribution in [2.75, 3.05) is 0 Å². The van der Waals surface area contributed by atoms with Gasteiger partial charge in [-0.25, -0.2) is 4.98 Å². The molecule has 1 aromatic carbocycles. The first-order valence-electron chi connectivity index (χ1n) is 7.55. The van der Waals surface area contributed by atoms with Gasteiger partial charge in [-0.2, -0.15) is 0 Å². The maximum Gasteiger partial charge on any atom is 0.216 e. The highest BCUT2D eigenvalue weighted by Gasteiger charge is 2.08. The highest BCUT2D eigenvalue weighted by Crippen LogP contribution is 2.23. The monoisotopic (exact) mass is 283 g/mol. The van der Waals surface area contributed by atoms with E-state index < -0.39 is 0 Å². The summed E-state index contributed by atoms with van der Waals surface area (Å²) in [5.41, 5.74) is 7.52. The molecule has 0 N–H and O–H groups in total. The highest BCUT2D eigenvalue weighted by atomic mass is 16.5. The van der Waals surface area contributed by atoms with Crippen LogP contribution in [0.2, 0.25) is 0 Å². The highest BCUT2D eigenvalue weighted by molar-refractivity contribution is 5.37. The van der Waals surface area contributed by atoms with E-state index in [1.165, 1.54) is 27.8 Å². The Kier molecular flexibility index (Phi) is 4.66. The molecule has 0 radical (unpaired) electrons. The number of nitrogens with zero attached hydrogens (tertiary/aromatic N) is 1. The molecule has 0 fully saturated rings. The zero-order chi connectivity index (χ0) is 15.6. The quantitative estimate of drug-likeness (QED) is 0.786. The third kappa shape index (κ3) is 3.44. The first-order chi connectivity index (χ1) is 9.90. The molecule has 1 aromatic heterocycles. The normalized spacial score (nSPS) is 11.0. The molecule has 2 heteroatoms. The molecule has 0 atom stereocenters. The Morgan fingerprint density at radius 2 is 1.71 bits per heavy atom. The molecule has 112 valence electrons. The van der Waals surface area contributed by atoms with Gasteiger partial charge in [0.25, 0.3) is 0 Å². The minimum absolute atomic E-state index is 0.534. The van der Waals surface area contributed by atoms with Gasteiger partial charge in [0.1, 0.15) is 6.61 Å². The van der Waals surface area contributed by atoms with Crippen LogP contribution in [0, 0.1) is 27.7 Å². The number of hydrogen-bond donors (Lipinski definition) is 0. The molecule has 2 aromatic rings. The molecule has 0 amide bonds. The fraction of sp³-hybridized carbons (Fsp3) is 0.421. The molecule has 0 aliphatic heterocycles. The van der Waals surface area contributed by atoms with Crippen LogP contribution in [-0.4, -0.2) is 4.98 Å². The Balaban J connectivity index is 2.17. The lowest BCUT2D eigenvalue weighted by molar-refractivity contribution is 0.291. The van der Waals surface area contributed by atoms with Crippen molar-refractivity contribution in [1.82, 2.24) is 4.98 Å². The fourth-order valence-corrected chi connectivity index (χ4v) is 2.50. The minimum Gasteiger partial charge on any atom is -0.473 e. The molecule has 21 heavy (non-hydrogen) atoms. The van der Waals surface area contributed by atoms with Crippen molar-refractivity contribution in [3.8, 4) is 5.88 Å². The second-order valence-electron chi connectivity index (χ2n) is 6.13. The molecule has 0 bridgehead atoms. The Bertz CT molecular complexity index is 644. The summed E-state index contributed by atoms with van der Waals surface area (Å²) < 4.78 is 5.92. The van der Waals surface area contributed by atoms with Crippen LogP contribution in [0.5, 0.6) is 5.88 Å². The smallest absolute Gasteiger partial charge is 0.216 e. The molecule has 0 aliphatic carbocycles. The molecular weight excluding hydrogens is 258 g/mol. The third-order valence-corrected chi connectivity index (χ3v) is 4.19. The van der Waals surface area contributed by atoms with E-state index in [0.717, 1.165) is 11.4 Å². The standard InChI is InChI=1S/C19H25NO/c1-12(2)18-9-17(8-7-13(18)3)11-21-19-16(6)15(5)14(4)10-20-19/h7-10,12H,11H2,1-6H3. The van der Waals surface area contributed by atoms with E-state index >= 15 is 0 Å². The Morgan fingerprint density at radius 3 is 2.38 bits per heavy atom. The molecule has 2 rings (SSSR count). The van der Waals surface area contributed by atoms with Crippen molar-refractivity contribution in [3.05, 3.63) is 57.8 Å². The van der Waals surface area contributed by atoms with Crippen molar-refractivity contribution < 1.29 is 4.74 Å². The van der Waals surface area contributed by atoms with E-state index in [9.17, 15) is 0 Å². The lowest BCUT2D eigenvalue weighted by Gasteiger charge is -2.14. The van der Waals surface area contributed by atoms with Gasteiger partial charge in [-0.3, -0.25) is 0 Å². The van der Waals surface area contributed by atoms with E-state index in [4.69, 9.17) is 4.74 Å². The van der Waals surface area contributed by atoms with E-state index in [2.05, 4.69) is 64.7 Å². The van der Waals surface area contributed by atoms with E-state index in [1.54, 1.807) is 0 Å². The topological polar surface area (TPSA) is 22.1 Å². The Morgan fingerprint density at radius 1 is 1.00 bits per heavy atom. The van der Waals surface area contributed by atoms with E-state index in [-0.39, 0.29) is 0 Å². The fourth-order valence-electron chi connectivity index (χ4n) is 2.50. The average Bonchev–Trinajstić information content (AvgIpc) is 2.45. The molecule has 0 saturated carbocycles. The maximum absolute atomic E-state index is 5.92. The second-order valence-corrected chi connectivity index (χ2v) is 6.13. The van der Waals surface area contributed by atoms with Gasteiger partial charge in [-0.05, 0) is 61.4 Å². The van der Waals surface area contributed by atoms with Gasteiger partial charge in [0, 0.05) is 11.8 Å². The van der Waals surface area contributed by atoms with Gasteiger partial charge in [0.15, 0.2) is 0 Å². The summed E-state index contributed by atoms with van der Waals surface area (Å²) in [6.45, 7) is 13.4. The van der Waals surface area contributed by atoms with Crippen LogP contribution in [-0.2, 0) is 6.61 Å². The number of ether oxygens (including phenoxy) is 1. The van der Waals surface area contributed by atoms with Crippen LogP contribution in [0.3, 0.4) is 0 Å². The maximum atomic E-state index is 5.92. The molecule has 0 spiro atoms. The van der Waals surface area contributed by atoms with Crippen molar-refractivity contribution in [2.24, 2.45) is 0 Å². The van der Waals surface area contributed by atoms with Crippen molar-refractivity contribution in [1.29, 1.82) is 0 Å². The van der Waals surface area contributed by atoms with Crippen molar-refractivity contribution in [3.63, 3.8) is 0 Å². The lowest BCUT2D eigenvalue weighted by atomic mass is 9.96. The summed E-state index contributed by atoms with van der Waals surface area (Å²) in [7, 11) is 0. The van der Waals surface area contributed by atoms with Crippen molar-refractivity contribution >= 4 is 0 Å². The first-order valence-corrected chi connectivity index (χ1v) is 7.55. The molecule has 0 unspecified atom stereocenters. The van der Waals surface area contributed by atoms with Crippen LogP contribution in [0.15, 0.2) is 24.4 Å². The van der Waals surface area contributed by atoms with E-state index in [0.29, 0.717) is 12.5 Å². The van der Waals surface area contributed by atoms with Crippen LogP contribution in [0.25, 0.3) is 0 Å². The average molecular weight is 283 g/mol. The van der Waals surface area contributed by atoms with Crippen LogP contribution < -0.4 is 4.74 Å². The summed E-state index contributed by atoms with van der Waals surface area (Å²) in [6, 6.07) is 6.56. The minimum atomic E-state index is 0.534. The van der Waals surface area contributed by atoms with Gasteiger partial charge < -0.3 is 4.74 Å². The zero-order valence-corrected chi connectivity index (χ0v) is 13.9. The predicted molar refractivity (Wildman–Crippen MR) is 88.0 cm³/mol. The summed E-state index contributed by atoms with van der Waals surface area (Å²) in [6.07, 6.45) is 1.88. The molecule has 2 nitrogen and oxygen atoms in total. The number of benzene rings is 1. The van der Waals surface area contributed by atoms with Gasteiger partial charge in [-0.15, -0.1) is 0 Å². The summed E-state index contributed by atoms with van der Waals surface area (Å²) >= 11 is 0. The van der Waals surface area contributed by atoms with Crippen LogP contribution >= 0.6 is 0 Å². The van der Waals surface area contributed by atoms with Crippen LogP contribution in [0.1, 0.15) is 53.1 Å². The van der Waals surface area contributed by atoms with Crippen molar-refractivity contribution in [2.45, 2.75) is 54.1 Å². The van der Waals surface area contributed by atoms with Gasteiger partial charge in [0.05, 0.1) is 0 Å². The third-order valence-electron chi connectivity index (χ3n) is 4.19. The number of aromatic nitrogens is 1. The zero-order valence-electron chi connectivity index (χ0n) is 13.9. The summed E-state index contributed by atoms with van der Waals surface area (Å²) in [5, 5.41) is 0. The number of rotatable bonds is 4. The molecular formula is C19H25NO. The van der Waals surface area contributed by atoms with Crippen LogP contribution in [0.4, 0.5) is 0 Å². The van der Waals surface area contributed by atoms with Gasteiger partial charge >= 0.3 is 0 Å². The van der Waals surface area contributed by atoms with E-state index in [1.807, 2.05) is 6.20 Å². The molecule has 1 heterocycles. The number of hydrogen-bond acceptors (Lipinski definition) is 2. The summed E-state index contributed by atoms with van der Waals surface area (Å²) in [4.78, 5) is 4.41. The lowest BCUT2D eigenvalue weighted by Crippen LogP contribution is -2.03. The molecule has 0 saturated heterocycles. The Hall–Kier alpha value is -1.83. The summed E-state index contributed by atoms with van der Waals surface area (Å²) in [5.74, 6) is 1.27. The number of pyridine rings is 1. The largest absolute Gasteiger partial charge is 0.473 e.